The van der Waals surface area contributed by atoms with Gasteiger partial charge in [0.15, 0.2) is 0 Å². The molecule has 7 nitrogen and oxygen atoms in total. The molecule has 0 aliphatic carbocycles. The highest BCUT2D eigenvalue weighted by Gasteiger charge is 2.25. The fourth-order valence-corrected chi connectivity index (χ4v) is 3.52. The first kappa shape index (κ1) is 15.0. The van der Waals surface area contributed by atoms with E-state index in [0.717, 1.165) is 29.9 Å². The molecular formula is C16H17ClN6O. The predicted molar refractivity (Wildman–Crippen MR) is 92.4 cm³/mol. The summed E-state index contributed by atoms with van der Waals surface area (Å²) >= 11 is 6.27. The van der Waals surface area contributed by atoms with Crippen LogP contribution in [0, 0.1) is 0 Å². The van der Waals surface area contributed by atoms with Gasteiger partial charge in [-0.25, -0.2) is 5.10 Å². The number of aromatic amines is 1. The summed E-state index contributed by atoms with van der Waals surface area (Å²) in [5.74, 6) is 0.778. The lowest BCUT2D eigenvalue weighted by atomic mass is 10.2. The van der Waals surface area contributed by atoms with Crippen molar-refractivity contribution in [1.82, 2.24) is 24.6 Å². The topological polar surface area (TPSA) is 70.1 Å². The van der Waals surface area contributed by atoms with Crippen molar-refractivity contribution >= 4 is 34.4 Å². The summed E-state index contributed by atoms with van der Waals surface area (Å²) in [5.41, 5.74) is 1.55. The smallest absolute Gasteiger partial charge is 0.270 e. The number of piperazine rings is 1. The van der Waals surface area contributed by atoms with Crippen LogP contribution >= 0.6 is 11.6 Å². The second-order valence-electron chi connectivity index (χ2n) is 5.85. The van der Waals surface area contributed by atoms with E-state index in [1.54, 1.807) is 0 Å². The quantitative estimate of drug-likeness (QED) is 0.771. The largest absolute Gasteiger partial charge is 0.338 e. The Morgan fingerprint density at radius 3 is 2.71 bits per heavy atom. The van der Waals surface area contributed by atoms with Crippen molar-refractivity contribution in [2.45, 2.75) is 0 Å². The third-order valence-electron chi connectivity index (χ3n) is 4.49. The van der Waals surface area contributed by atoms with Gasteiger partial charge in [0.25, 0.3) is 5.91 Å². The van der Waals surface area contributed by atoms with Crippen LogP contribution in [0.4, 0.5) is 5.95 Å². The van der Waals surface area contributed by atoms with Crippen molar-refractivity contribution < 1.29 is 4.79 Å². The fourth-order valence-electron chi connectivity index (χ4n) is 3.21. The molecule has 4 rings (SSSR count). The van der Waals surface area contributed by atoms with Crippen LogP contribution in [0.5, 0.6) is 0 Å². The number of fused-ring (bicyclic) bond motifs is 1. The Kier molecular flexibility index (Phi) is 3.65. The van der Waals surface area contributed by atoms with Crippen molar-refractivity contribution in [1.29, 1.82) is 0 Å². The van der Waals surface area contributed by atoms with Gasteiger partial charge in [0.2, 0.25) is 5.95 Å². The molecule has 1 aromatic carbocycles. The number of carbonyl (C=O) groups excluding carboxylic acids is 1. The van der Waals surface area contributed by atoms with E-state index in [0.29, 0.717) is 23.8 Å². The van der Waals surface area contributed by atoms with Gasteiger partial charge in [-0.3, -0.25) is 4.79 Å². The van der Waals surface area contributed by atoms with Gasteiger partial charge >= 0.3 is 0 Å². The number of H-pyrrole nitrogens is 1. The fraction of sp³-hybridized carbons (Fsp3) is 0.312. The molecule has 124 valence electrons. The number of benzene rings is 1. The van der Waals surface area contributed by atoms with E-state index >= 15 is 0 Å². The van der Waals surface area contributed by atoms with Gasteiger partial charge in [-0.05, 0) is 12.1 Å². The number of rotatable bonds is 2. The molecule has 0 bridgehead atoms. The van der Waals surface area contributed by atoms with Crippen LogP contribution in [0.15, 0.2) is 30.6 Å². The Hall–Kier alpha value is -2.54. The molecule has 0 spiro atoms. The number of nitrogens with zero attached hydrogens (tertiary/aromatic N) is 5. The van der Waals surface area contributed by atoms with Crippen molar-refractivity contribution in [3.8, 4) is 0 Å². The van der Waals surface area contributed by atoms with Crippen molar-refractivity contribution in [3.63, 3.8) is 0 Å². The number of nitrogens with one attached hydrogen (secondary N) is 1. The molecule has 1 aliphatic heterocycles. The Morgan fingerprint density at radius 2 is 2.04 bits per heavy atom. The lowest BCUT2D eigenvalue weighted by molar-refractivity contribution is 0.0737. The minimum Gasteiger partial charge on any atom is -0.338 e. The molecule has 0 unspecified atom stereocenters. The summed E-state index contributed by atoms with van der Waals surface area (Å²) in [5, 5.41) is 8.36. The maximum absolute atomic E-state index is 12.9. The molecule has 2 aromatic heterocycles. The highest BCUT2D eigenvalue weighted by Crippen LogP contribution is 2.27. The molecule has 8 heteroatoms. The number of aryl methyl sites for hydroxylation is 1. The van der Waals surface area contributed by atoms with Crippen LogP contribution in [0.3, 0.4) is 0 Å². The number of hydrogen-bond acceptors (Lipinski definition) is 4. The van der Waals surface area contributed by atoms with E-state index in [-0.39, 0.29) is 5.91 Å². The van der Waals surface area contributed by atoms with Crippen molar-refractivity contribution in [3.05, 3.63) is 41.3 Å². The van der Waals surface area contributed by atoms with Gasteiger partial charge in [-0.1, -0.05) is 23.7 Å². The minimum absolute atomic E-state index is 0.0296. The minimum atomic E-state index is 0.0296. The Bertz CT molecular complexity index is 879. The van der Waals surface area contributed by atoms with E-state index in [1.807, 2.05) is 40.8 Å². The van der Waals surface area contributed by atoms with Gasteiger partial charge in [0.05, 0.1) is 10.5 Å². The molecule has 24 heavy (non-hydrogen) atoms. The number of para-hydroxylation sites is 1. The van der Waals surface area contributed by atoms with E-state index in [4.69, 9.17) is 11.6 Å². The van der Waals surface area contributed by atoms with Gasteiger partial charge in [0, 0.05) is 38.6 Å². The zero-order chi connectivity index (χ0) is 16.7. The van der Waals surface area contributed by atoms with Crippen LogP contribution in [-0.4, -0.2) is 56.7 Å². The number of hydrogen-bond donors (Lipinski definition) is 1. The summed E-state index contributed by atoms with van der Waals surface area (Å²) in [4.78, 5) is 21.0. The number of carbonyl (C=O) groups is 1. The zero-order valence-corrected chi connectivity index (χ0v) is 14.0. The van der Waals surface area contributed by atoms with Crippen LogP contribution < -0.4 is 4.90 Å². The third kappa shape index (κ3) is 2.41. The average molecular weight is 345 g/mol. The first-order chi connectivity index (χ1) is 11.6. The van der Waals surface area contributed by atoms with Gasteiger partial charge in [-0.2, -0.15) is 10.1 Å². The van der Waals surface area contributed by atoms with Crippen LogP contribution in [-0.2, 0) is 7.05 Å². The second-order valence-corrected chi connectivity index (χ2v) is 6.26. The van der Waals surface area contributed by atoms with E-state index in [1.165, 1.54) is 6.33 Å². The molecule has 3 aromatic rings. The number of anilines is 1. The molecule has 1 N–H and O–H groups in total. The zero-order valence-electron chi connectivity index (χ0n) is 13.2. The average Bonchev–Trinajstić information content (AvgIpc) is 3.23. The summed E-state index contributed by atoms with van der Waals surface area (Å²) in [6.45, 7) is 2.75. The van der Waals surface area contributed by atoms with E-state index in [2.05, 4.69) is 20.1 Å². The van der Waals surface area contributed by atoms with Crippen molar-refractivity contribution in [2.24, 2.45) is 7.05 Å². The molecule has 0 radical (unpaired) electrons. The number of amides is 1. The monoisotopic (exact) mass is 344 g/mol. The second kappa shape index (κ2) is 5.83. The first-order valence-electron chi connectivity index (χ1n) is 7.78. The highest BCUT2D eigenvalue weighted by molar-refractivity contribution is 6.35. The van der Waals surface area contributed by atoms with Gasteiger partial charge in [0.1, 0.15) is 12.0 Å². The number of aromatic nitrogens is 4. The van der Waals surface area contributed by atoms with E-state index in [9.17, 15) is 4.79 Å². The Labute approximate surface area is 143 Å². The molecule has 3 heterocycles. The highest BCUT2D eigenvalue weighted by atomic mass is 35.5. The molecule has 1 aliphatic rings. The maximum Gasteiger partial charge on any atom is 0.270 e. The summed E-state index contributed by atoms with van der Waals surface area (Å²) in [6.07, 6.45) is 1.49. The molecule has 0 atom stereocenters. The molecule has 0 saturated carbocycles. The molecule has 1 fully saturated rings. The maximum atomic E-state index is 12.9. The molecule has 1 saturated heterocycles. The third-order valence-corrected chi connectivity index (χ3v) is 4.80. The molecule has 1 amide bonds. The Morgan fingerprint density at radius 1 is 1.25 bits per heavy atom. The Balaban J connectivity index is 1.55. The lowest BCUT2D eigenvalue weighted by Gasteiger charge is -2.34. The van der Waals surface area contributed by atoms with Gasteiger partial charge in [-0.15, -0.1) is 0 Å². The lowest BCUT2D eigenvalue weighted by Crippen LogP contribution is -2.49. The van der Waals surface area contributed by atoms with Gasteiger partial charge < -0.3 is 14.4 Å². The first-order valence-corrected chi connectivity index (χ1v) is 8.16. The van der Waals surface area contributed by atoms with Crippen LogP contribution in [0.1, 0.15) is 10.5 Å². The van der Waals surface area contributed by atoms with Crippen molar-refractivity contribution in [2.75, 3.05) is 31.1 Å². The summed E-state index contributed by atoms with van der Waals surface area (Å²) in [6, 6.07) is 7.62. The summed E-state index contributed by atoms with van der Waals surface area (Å²) < 4.78 is 1.88. The summed E-state index contributed by atoms with van der Waals surface area (Å²) in [7, 11) is 1.88. The van der Waals surface area contributed by atoms with Crippen LogP contribution in [0.25, 0.3) is 10.9 Å². The molecular weight excluding hydrogens is 328 g/mol. The van der Waals surface area contributed by atoms with E-state index < -0.39 is 0 Å². The van der Waals surface area contributed by atoms with Crippen LogP contribution in [0.2, 0.25) is 5.02 Å². The standard InChI is InChI=1S/C16H17ClN6O/c1-21-13(9-11-3-2-4-12(17)14(11)21)15(24)22-5-7-23(8-6-22)16-18-10-19-20-16/h2-4,9-10H,5-8H2,1H3,(H,18,19,20). The predicted octanol–water partition coefficient (Wildman–Crippen LogP) is 1.91. The normalized spacial score (nSPS) is 15.2. The number of halogens is 1. The SMILES string of the molecule is Cn1c(C(=O)N2CCN(c3ncn[nH]3)CC2)cc2cccc(Cl)c21.